The van der Waals surface area contributed by atoms with Gasteiger partial charge in [0.15, 0.2) is 5.54 Å². The van der Waals surface area contributed by atoms with E-state index in [0.717, 1.165) is 0 Å². The fourth-order valence-corrected chi connectivity index (χ4v) is 0.728. The van der Waals surface area contributed by atoms with Crippen molar-refractivity contribution in [3.05, 3.63) is 0 Å². The van der Waals surface area contributed by atoms with Gasteiger partial charge in [0.1, 0.15) is 6.29 Å². The van der Waals surface area contributed by atoms with Crippen molar-refractivity contribution in [2.75, 3.05) is 0 Å². The zero-order chi connectivity index (χ0) is 7.78. The van der Waals surface area contributed by atoms with Gasteiger partial charge in [-0.15, -0.1) is 0 Å². The van der Waals surface area contributed by atoms with E-state index in [2.05, 4.69) is 0 Å². The van der Waals surface area contributed by atoms with Crippen LogP contribution < -0.4 is 11.1 Å². The lowest BCUT2D eigenvalue weighted by atomic mass is 10.0. The van der Waals surface area contributed by atoms with Gasteiger partial charge in [0.05, 0.1) is 6.42 Å². The number of carbonyl (C=O) groups is 3. The molecule has 5 heteroatoms. The maximum atomic E-state index is 10.6. The minimum atomic E-state index is -1.61. The zero-order valence-corrected chi connectivity index (χ0v) is 5.09. The van der Waals surface area contributed by atoms with E-state index in [0.29, 0.717) is 0 Å². The number of nitrogens with one attached hydrogen (secondary N) is 1. The van der Waals surface area contributed by atoms with Crippen molar-refractivity contribution < 1.29 is 14.4 Å². The molecule has 0 radical (unpaired) electrons. The SMILES string of the molecule is N[C@]1(C=O)CC(=O)NC1=O. The molecule has 0 spiro atoms. The molecule has 1 aliphatic heterocycles. The molecule has 0 bridgehead atoms. The van der Waals surface area contributed by atoms with E-state index in [-0.39, 0.29) is 12.7 Å². The molecular formula is C5H6N2O3. The molecule has 0 aromatic carbocycles. The van der Waals surface area contributed by atoms with Gasteiger partial charge in [-0.3, -0.25) is 14.9 Å². The van der Waals surface area contributed by atoms with Gasteiger partial charge in [-0.2, -0.15) is 0 Å². The molecule has 0 unspecified atom stereocenters. The van der Waals surface area contributed by atoms with Crippen LogP contribution in [0, 0.1) is 0 Å². The van der Waals surface area contributed by atoms with Crippen LogP contribution in [0.25, 0.3) is 0 Å². The van der Waals surface area contributed by atoms with E-state index in [9.17, 15) is 14.4 Å². The lowest BCUT2D eigenvalue weighted by Crippen LogP contribution is -2.48. The molecule has 1 fully saturated rings. The molecule has 54 valence electrons. The minimum Gasteiger partial charge on any atom is -0.311 e. The monoisotopic (exact) mass is 142 g/mol. The third kappa shape index (κ3) is 0.801. The first-order valence-corrected chi connectivity index (χ1v) is 2.68. The summed E-state index contributed by atoms with van der Waals surface area (Å²) in [5, 5.41) is 1.92. The number of nitrogens with two attached hydrogens (primary N) is 1. The summed E-state index contributed by atoms with van der Waals surface area (Å²) in [4.78, 5) is 31.3. The quantitative estimate of drug-likeness (QED) is 0.250. The van der Waals surface area contributed by atoms with Crippen LogP contribution in [0.2, 0.25) is 0 Å². The van der Waals surface area contributed by atoms with Crippen LogP contribution in [0.15, 0.2) is 0 Å². The molecule has 1 atom stereocenters. The number of hydrogen-bond acceptors (Lipinski definition) is 4. The van der Waals surface area contributed by atoms with Crippen LogP contribution in [0.5, 0.6) is 0 Å². The lowest BCUT2D eigenvalue weighted by molar-refractivity contribution is -0.128. The van der Waals surface area contributed by atoms with Crippen LogP contribution >= 0.6 is 0 Å². The first kappa shape index (κ1) is 6.88. The van der Waals surface area contributed by atoms with Crippen LogP contribution in [-0.4, -0.2) is 23.6 Å². The standard InChI is InChI=1S/C5H6N2O3/c6-5(2-8)1-3(9)7-4(5)10/h2H,1,6H2,(H,7,9,10)/t5-/m0/s1. The van der Waals surface area contributed by atoms with Gasteiger partial charge in [0.2, 0.25) is 5.91 Å². The second-order valence-corrected chi connectivity index (χ2v) is 2.21. The van der Waals surface area contributed by atoms with E-state index in [1.54, 1.807) is 0 Å². The Morgan fingerprint density at radius 1 is 1.60 bits per heavy atom. The van der Waals surface area contributed by atoms with Crippen molar-refractivity contribution >= 4 is 18.1 Å². The fourth-order valence-electron chi connectivity index (χ4n) is 0.728. The summed E-state index contributed by atoms with van der Waals surface area (Å²) in [5.74, 6) is -1.22. The molecular weight excluding hydrogens is 136 g/mol. The maximum absolute atomic E-state index is 10.6. The number of carbonyl (C=O) groups excluding carboxylic acids is 3. The van der Waals surface area contributed by atoms with Crippen molar-refractivity contribution in [3.8, 4) is 0 Å². The smallest absolute Gasteiger partial charge is 0.254 e. The van der Waals surface area contributed by atoms with Gasteiger partial charge in [-0.25, -0.2) is 0 Å². The summed E-state index contributed by atoms with van der Waals surface area (Å²) in [5.41, 5.74) is 3.58. The molecule has 0 saturated carbocycles. The van der Waals surface area contributed by atoms with Gasteiger partial charge in [0.25, 0.3) is 5.91 Å². The largest absolute Gasteiger partial charge is 0.311 e. The van der Waals surface area contributed by atoms with Crippen LogP contribution in [0.1, 0.15) is 6.42 Å². The fraction of sp³-hybridized carbons (Fsp3) is 0.400. The minimum absolute atomic E-state index is 0.241. The Bertz CT molecular complexity index is 213. The highest BCUT2D eigenvalue weighted by Crippen LogP contribution is 2.09. The van der Waals surface area contributed by atoms with E-state index in [1.165, 1.54) is 0 Å². The highest BCUT2D eigenvalue weighted by Gasteiger charge is 2.43. The third-order valence-electron chi connectivity index (χ3n) is 1.34. The van der Waals surface area contributed by atoms with E-state index in [4.69, 9.17) is 5.73 Å². The first-order valence-electron chi connectivity index (χ1n) is 2.68. The highest BCUT2D eigenvalue weighted by molar-refractivity contribution is 6.16. The maximum Gasteiger partial charge on any atom is 0.254 e. The van der Waals surface area contributed by atoms with Crippen molar-refractivity contribution in [2.45, 2.75) is 12.0 Å². The van der Waals surface area contributed by atoms with Crippen LogP contribution in [0.3, 0.4) is 0 Å². The molecule has 1 rings (SSSR count). The number of aldehydes is 1. The summed E-state index contributed by atoms with van der Waals surface area (Å²) >= 11 is 0. The highest BCUT2D eigenvalue weighted by atomic mass is 16.2. The Labute approximate surface area is 56.6 Å². The van der Waals surface area contributed by atoms with Crippen LogP contribution in [-0.2, 0) is 14.4 Å². The van der Waals surface area contributed by atoms with Gasteiger partial charge in [-0.05, 0) is 0 Å². The predicted octanol–water partition coefficient (Wildman–Crippen LogP) is -2.07. The Kier molecular flexibility index (Phi) is 1.29. The van der Waals surface area contributed by atoms with Gasteiger partial charge in [0, 0.05) is 0 Å². The first-order chi connectivity index (χ1) is 4.58. The normalized spacial score (nSPS) is 32.1. The number of imide groups is 1. The van der Waals surface area contributed by atoms with E-state index in [1.807, 2.05) is 5.32 Å². The Hall–Kier alpha value is -1.23. The summed E-state index contributed by atoms with van der Waals surface area (Å²) in [6.07, 6.45) is 0.0442. The summed E-state index contributed by atoms with van der Waals surface area (Å²) in [6.45, 7) is 0. The number of rotatable bonds is 1. The molecule has 10 heavy (non-hydrogen) atoms. The molecule has 1 aliphatic rings. The van der Waals surface area contributed by atoms with E-state index < -0.39 is 17.4 Å². The molecule has 1 heterocycles. The number of amides is 2. The van der Waals surface area contributed by atoms with Crippen molar-refractivity contribution in [2.24, 2.45) is 5.73 Å². The number of hydrogen-bond donors (Lipinski definition) is 2. The molecule has 5 nitrogen and oxygen atoms in total. The predicted molar refractivity (Wildman–Crippen MR) is 30.7 cm³/mol. The van der Waals surface area contributed by atoms with Gasteiger partial charge < -0.3 is 10.5 Å². The summed E-state index contributed by atoms with van der Waals surface area (Å²) < 4.78 is 0. The van der Waals surface area contributed by atoms with Crippen LogP contribution in [0.4, 0.5) is 0 Å². The van der Waals surface area contributed by atoms with Crippen molar-refractivity contribution in [1.82, 2.24) is 5.32 Å². The Morgan fingerprint density at radius 3 is 2.40 bits per heavy atom. The summed E-state index contributed by atoms with van der Waals surface area (Å²) in [6, 6.07) is 0. The average Bonchev–Trinajstić information content (AvgIpc) is 2.09. The average molecular weight is 142 g/mol. The summed E-state index contributed by atoms with van der Waals surface area (Å²) in [7, 11) is 0. The molecule has 2 amide bonds. The Balaban J connectivity index is 2.90. The molecule has 0 aliphatic carbocycles. The second kappa shape index (κ2) is 1.88. The van der Waals surface area contributed by atoms with Crippen molar-refractivity contribution in [1.29, 1.82) is 0 Å². The zero-order valence-electron chi connectivity index (χ0n) is 5.09. The van der Waals surface area contributed by atoms with Gasteiger partial charge in [-0.1, -0.05) is 0 Å². The molecule has 3 N–H and O–H groups in total. The van der Waals surface area contributed by atoms with Gasteiger partial charge >= 0.3 is 0 Å². The Morgan fingerprint density at radius 2 is 2.20 bits per heavy atom. The topological polar surface area (TPSA) is 89.3 Å². The molecule has 0 aromatic rings. The third-order valence-corrected chi connectivity index (χ3v) is 1.34. The molecule has 0 aromatic heterocycles. The van der Waals surface area contributed by atoms with E-state index >= 15 is 0 Å². The second-order valence-electron chi connectivity index (χ2n) is 2.21. The van der Waals surface area contributed by atoms with Crippen molar-refractivity contribution in [3.63, 3.8) is 0 Å². The lowest BCUT2D eigenvalue weighted by Gasteiger charge is -2.07. The molecule has 1 saturated heterocycles.